The van der Waals surface area contributed by atoms with Crippen molar-refractivity contribution in [3.05, 3.63) is 24.0 Å². The second-order valence-corrected chi connectivity index (χ2v) is 2.36. The van der Waals surface area contributed by atoms with Gasteiger partial charge in [0.15, 0.2) is 0 Å². The Balaban J connectivity index is 2.74. The van der Waals surface area contributed by atoms with E-state index in [1.165, 1.54) is 19.3 Å². The Morgan fingerprint density at radius 1 is 1.73 bits per heavy atom. The molecule has 0 saturated heterocycles. The van der Waals surface area contributed by atoms with Crippen molar-refractivity contribution in [3.8, 4) is 0 Å². The van der Waals surface area contributed by atoms with E-state index in [0.717, 1.165) is 6.29 Å². The van der Waals surface area contributed by atoms with E-state index in [2.05, 4.69) is 0 Å². The highest BCUT2D eigenvalue weighted by atomic mass is 16.5. The second-order valence-electron chi connectivity index (χ2n) is 2.36. The number of rotatable bonds is 2. The molecule has 1 N–H and O–H groups in total. The van der Waals surface area contributed by atoms with Crippen LogP contribution in [0.15, 0.2) is 24.0 Å². The Labute approximate surface area is 65.0 Å². The molecular weight excluding hydrogens is 144 g/mol. The van der Waals surface area contributed by atoms with E-state index in [9.17, 15) is 4.79 Å². The maximum Gasteiger partial charge on any atom is 0.129 e. The SMILES string of the molecule is COC1C=C(O)C=CC1C=O. The average molecular weight is 154 g/mol. The van der Waals surface area contributed by atoms with Crippen molar-refractivity contribution in [3.63, 3.8) is 0 Å². The molecule has 0 aromatic heterocycles. The van der Waals surface area contributed by atoms with Crippen LogP contribution in [0.5, 0.6) is 0 Å². The first-order chi connectivity index (χ1) is 5.27. The molecule has 0 aromatic rings. The highest BCUT2D eigenvalue weighted by Crippen LogP contribution is 2.15. The summed E-state index contributed by atoms with van der Waals surface area (Å²) in [6.07, 6.45) is 5.11. The van der Waals surface area contributed by atoms with Crippen LogP contribution in [0.4, 0.5) is 0 Å². The van der Waals surface area contributed by atoms with Crippen LogP contribution in [0.3, 0.4) is 0 Å². The van der Waals surface area contributed by atoms with Crippen molar-refractivity contribution < 1.29 is 14.6 Å². The molecule has 0 aliphatic heterocycles. The fraction of sp³-hybridized carbons (Fsp3) is 0.375. The quantitative estimate of drug-likeness (QED) is 0.599. The first-order valence-electron chi connectivity index (χ1n) is 3.35. The zero-order valence-corrected chi connectivity index (χ0v) is 6.23. The molecule has 0 spiro atoms. The van der Waals surface area contributed by atoms with Crippen molar-refractivity contribution in [1.82, 2.24) is 0 Å². The Morgan fingerprint density at radius 2 is 2.45 bits per heavy atom. The van der Waals surface area contributed by atoms with Crippen LogP contribution in [0, 0.1) is 5.92 Å². The smallest absolute Gasteiger partial charge is 0.129 e. The highest BCUT2D eigenvalue weighted by Gasteiger charge is 2.19. The number of methoxy groups -OCH3 is 1. The predicted molar refractivity (Wildman–Crippen MR) is 40.2 cm³/mol. The molecule has 1 aliphatic carbocycles. The zero-order chi connectivity index (χ0) is 8.27. The second kappa shape index (κ2) is 3.34. The summed E-state index contributed by atoms with van der Waals surface area (Å²) in [4.78, 5) is 10.4. The van der Waals surface area contributed by atoms with E-state index in [1.54, 1.807) is 6.08 Å². The van der Waals surface area contributed by atoms with Crippen LogP contribution in [0.25, 0.3) is 0 Å². The van der Waals surface area contributed by atoms with Crippen LogP contribution in [-0.4, -0.2) is 24.6 Å². The van der Waals surface area contributed by atoms with Crippen molar-refractivity contribution in [1.29, 1.82) is 0 Å². The largest absolute Gasteiger partial charge is 0.508 e. The van der Waals surface area contributed by atoms with Gasteiger partial charge in [-0.05, 0) is 12.2 Å². The topological polar surface area (TPSA) is 46.5 Å². The maximum absolute atomic E-state index is 10.4. The molecule has 2 unspecified atom stereocenters. The van der Waals surface area contributed by atoms with Gasteiger partial charge in [-0.2, -0.15) is 0 Å². The molecule has 1 aliphatic rings. The van der Waals surface area contributed by atoms with Crippen LogP contribution in [0.1, 0.15) is 0 Å². The van der Waals surface area contributed by atoms with Gasteiger partial charge in [0.2, 0.25) is 0 Å². The summed E-state index contributed by atoms with van der Waals surface area (Å²) in [5.74, 6) is -0.120. The van der Waals surface area contributed by atoms with Crippen molar-refractivity contribution in [2.24, 2.45) is 5.92 Å². The Morgan fingerprint density at radius 3 is 3.00 bits per heavy atom. The minimum absolute atomic E-state index is 0.148. The molecule has 0 radical (unpaired) electrons. The summed E-state index contributed by atoms with van der Waals surface area (Å²) in [6, 6.07) is 0. The molecule has 0 aromatic carbocycles. The van der Waals surface area contributed by atoms with Gasteiger partial charge >= 0.3 is 0 Å². The summed E-state index contributed by atoms with van der Waals surface area (Å²) in [7, 11) is 1.50. The lowest BCUT2D eigenvalue weighted by Crippen LogP contribution is -2.22. The van der Waals surface area contributed by atoms with Gasteiger partial charge in [-0.3, -0.25) is 0 Å². The van der Waals surface area contributed by atoms with Gasteiger partial charge in [0.25, 0.3) is 0 Å². The predicted octanol–water partition coefficient (Wildman–Crippen LogP) is 0.828. The third-order valence-corrected chi connectivity index (χ3v) is 1.63. The fourth-order valence-corrected chi connectivity index (χ4v) is 1.00. The molecule has 0 heterocycles. The highest BCUT2D eigenvalue weighted by molar-refractivity contribution is 5.59. The van der Waals surface area contributed by atoms with Gasteiger partial charge in [-0.25, -0.2) is 0 Å². The fourth-order valence-electron chi connectivity index (χ4n) is 1.00. The Hall–Kier alpha value is -1.09. The van der Waals surface area contributed by atoms with Gasteiger partial charge in [0, 0.05) is 7.11 Å². The summed E-state index contributed by atoms with van der Waals surface area (Å²) in [5.41, 5.74) is 0. The molecule has 60 valence electrons. The molecule has 0 amide bonds. The molecule has 3 heteroatoms. The van der Waals surface area contributed by atoms with Gasteiger partial charge < -0.3 is 14.6 Å². The first kappa shape index (κ1) is 8.01. The van der Waals surface area contributed by atoms with Gasteiger partial charge in [0.1, 0.15) is 12.0 Å². The molecule has 0 saturated carbocycles. The van der Waals surface area contributed by atoms with Crippen LogP contribution in [-0.2, 0) is 9.53 Å². The molecule has 3 nitrogen and oxygen atoms in total. The minimum Gasteiger partial charge on any atom is -0.508 e. The van der Waals surface area contributed by atoms with Gasteiger partial charge in [-0.1, -0.05) is 6.08 Å². The van der Waals surface area contributed by atoms with Crippen LogP contribution in [0.2, 0.25) is 0 Å². The lowest BCUT2D eigenvalue weighted by molar-refractivity contribution is -0.112. The lowest BCUT2D eigenvalue weighted by atomic mass is 9.98. The number of aliphatic hydroxyl groups excluding tert-OH is 1. The van der Waals surface area contributed by atoms with E-state index in [0.29, 0.717) is 0 Å². The van der Waals surface area contributed by atoms with E-state index < -0.39 is 0 Å². The number of aliphatic hydroxyl groups is 1. The Bertz CT molecular complexity index is 205. The zero-order valence-electron chi connectivity index (χ0n) is 6.23. The van der Waals surface area contributed by atoms with Crippen LogP contribution >= 0.6 is 0 Å². The molecule has 0 fully saturated rings. The number of allylic oxidation sites excluding steroid dienone is 1. The molecule has 0 bridgehead atoms. The molecule has 1 rings (SSSR count). The summed E-state index contributed by atoms with van der Waals surface area (Å²) < 4.78 is 4.95. The van der Waals surface area contributed by atoms with Gasteiger partial charge in [0.05, 0.1) is 12.0 Å². The Kier molecular flexibility index (Phi) is 2.44. The number of aldehydes is 1. The van der Waals surface area contributed by atoms with Gasteiger partial charge in [-0.15, -0.1) is 0 Å². The third-order valence-electron chi connectivity index (χ3n) is 1.63. The van der Waals surface area contributed by atoms with Crippen LogP contribution < -0.4 is 0 Å². The monoisotopic (exact) mass is 154 g/mol. The first-order valence-corrected chi connectivity index (χ1v) is 3.35. The number of carbonyl (C=O) groups excluding carboxylic acids is 1. The molecule has 2 atom stereocenters. The maximum atomic E-state index is 10.4. The summed E-state index contributed by atoms with van der Waals surface area (Å²) >= 11 is 0. The molecular formula is C8H10O3. The lowest BCUT2D eigenvalue weighted by Gasteiger charge is -2.18. The summed E-state index contributed by atoms with van der Waals surface area (Å²) in [6.45, 7) is 0. The standard InChI is InChI=1S/C8H10O3/c1-11-8-4-7(10)3-2-6(8)5-9/h2-6,8,10H,1H3. The van der Waals surface area contributed by atoms with Crippen molar-refractivity contribution in [2.75, 3.05) is 7.11 Å². The third kappa shape index (κ3) is 1.68. The van der Waals surface area contributed by atoms with E-state index in [1.807, 2.05) is 0 Å². The van der Waals surface area contributed by atoms with E-state index in [-0.39, 0.29) is 17.8 Å². The number of carbonyl (C=O) groups is 1. The van der Waals surface area contributed by atoms with E-state index in [4.69, 9.17) is 9.84 Å². The summed E-state index contributed by atoms with van der Waals surface area (Å²) in [5, 5.41) is 9.00. The minimum atomic E-state index is -0.322. The number of hydrogen-bond donors (Lipinski definition) is 1. The number of ether oxygens (including phenoxy) is 1. The van der Waals surface area contributed by atoms with Crippen molar-refractivity contribution >= 4 is 6.29 Å². The number of hydrogen-bond acceptors (Lipinski definition) is 3. The van der Waals surface area contributed by atoms with E-state index >= 15 is 0 Å². The molecule has 11 heavy (non-hydrogen) atoms. The van der Waals surface area contributed by atoms with Crippen molar-refractivity contribution in [2.45, 2.75) is 6.10 Å². The average Bonchev–Trinajstić information content (AvgIpc) is 2.04. The normalized spacial score (nSPS) is 29.7.